The number of aromatic nitrogens is 4. The number of anilines is 1. The number of nitrogens with zero attached hydrogens (tertiary/aromatic N) is 4. The summed E-state index contributed by atoms with van der Waals surface area (Å²) in [6.45, 7) is 6.08. The molecule has 0 aliphatic rings. The van der Waals surface area contributed by atoms with Crippen LogP contribution in [0.5, 0.6) is 0 Å². The Morgan fingerprint density at radius 2 is 2.08 bits per heavy atom. The van der Waals surface area contributed by atoms with E-state index < -0.39 is 5.54 Å². The smallest absolute Gasteiger partial charge is 0.252 e. The third kappa shape index (κ3) is 3.83. The molecule has 26 heavy (non-hydrogen) atoms. The maximum Gasteiger partial charge on any atom is 0.252 e. The van der Waals surface area contributed by atoms with Crippen molar-refractivity contribution in [2.75, 3.05) is 5.32 Å². The van der Waals surface area contributed by atoms with E-state index in [9.17, 15) is 4.79 Å². The van der Waals surface area contributed by atoms with E-state index in [4.69, 9.17) is 11.6 Å². The van der Waals surface area contributed by atoms with E-state index >= 15 is 0 Å². The summed E-state index contributed by atoms with van der Waals surface area (Å²) in [4.78, 5) is 12.7. The van der Waals surface area contributed by atoms with Gasteiger partial charge in [-0.3, -0.25) is 14.2 Å². The molecule has 1 aromatic carbocycles. The van der Waals surface area contributed by atoms with E-state index in [0.717, 1.165) is 15.7 Å². The first-order valence-corrected chi connectivity index (χ1v) is 9.24. The van der Waals surface area contributed by atoms with Crippen LogP contribution in [0.3, 0.4) is 0 Å². The average molecular weight is 437 g/mol. The second kappa shape index (κ2) is 7.25. The monoisotopic (exact) mass is 435 g/mol. The molecule has 1 amide bonds. The van der Waals surface area contributed by atoms with E-state index in [1.54, 1.807) is 30.9 Å². The fraction of sp³-hybridized carbons (Fsp3) is 0.278. The highest BCUT2D eigenvalue weighted by molar-refractivity contribution is 9.10. The topological polar surface area (TPSA) is 64.7 Å². The highest BCUT2D eigenvalue weighted by Gasteiger charge is 2.31. The van der Waals surface area contributed by atoms with E-state index in [0.29, 0.717) is 17.4 Å². The fourth-order valence-electron chi connectivity index (χ4n) is 2.50. The molecule has 3 aromatic rings. The molecule has 0 radical (unpaired) electrons. The number of amides is 1. The molecule has 1 N–H and O–H groups in total. The van der Waals surface area contributed by atoms with Gasteiger partial charge in [-0.05, 0) is 48.3 Å². The van der Waals surface area contributed by atoms with Gasteiger partial charge in [0.05, 0.1) is 17.2 Å². The Balaban J connectivity index is 1.77. The van der Waals surface area contributed by atoms with Crippen LogP contribution >= 0.6 is 27.5 Å². The van der Waals surface area contributed by atoms with Crippen molar-refractivity contribution in [2.45, 2.75) is 32.9 Å². The summed E-state index contributed by atoms with van der Waals surface area (Å²) >= 11 is 9.57. The van der Waals surface area contributed by atoms with E-state index in [1.165, 1.54) is 0 Å². The largest absolute Gasteiger partial charge is 0.307 e. The molecule has 0 bridgehead atoms. The van der Waals surface area contributed by atoms with Crippen LogP contribution in [0.15, 0.2) is 47.2 Å². The summed E-state index contributed by atoms with van der Waals surface area (Å²) in [5.41, 5.74) is 1.05. The lowest BCUT2D eigenvalue weighted by Crippen LogP contribution is -2.40. The van der Waals surface area contributed by atoms with Crippen LogP contribution in [0.2, 0.25) is 5.02 Å². The molecule has 8 heteroatoms. The van der Waals surface area contributed by atoms with E-state index in [-0.39, 0.29) is 5.91 Å². The predicted molar refractivity (Wildman–Crippen MR) is 105 cm³/mol. The van der Waals surface area contributed by atoms with Gasteiger partial charge in [0.15, 0.2) is 5.82 Å². The minimum atomic E-state index is -0.855. The Kier molecular flexibility index (Phi) is 5.20. The molecule has 2 aromatic heterocycles. The molecule has 0 aliphatic carbocycles. The Morgan fingerprint density at radius 1 is 1.35 bits per heavy atom. The van der Waals surface area contributed by atoms with E-state index in [1.807, 2.05) is 41.9 Å². The van der Waals surface area contributed by atoms with Crippen LogP contribution in [0.25, 0.3) is 0 Å². The highest BCUT2D eigenvalue weighted by atomic mass is 79.9. The molecule has 0 aliphatic heterocycles. The zero-order chi connectivity index (χ0) is 18.9. The molecule has 0 spiro atoms. The Labute approximate surface area is 165 Å². The molecule has 0 fully saturated rings. The lowest BCUT2D eigenvalue weighted by molar-refractivity contribution is -0.123. The SMILES string of the molecule is Cc1cc(NC(=O)C(C)(C)n2cc(Br)cn2)nn1Cc1ccccc1Cl. The summed E-state index contributed by atoms with van der Waals surface area (Å²) < 4.78 is 4.24. The van der Waals surface area contributed by atoms with Crippen molar-refractivity contribution in [3.05, 3.63) is 63.5 Å². The summed E-state index contributed by atoms with van der Waals surface area (Å²) in [7, 11) is 0. The number of hydrogen-bond acceptors (Lipinski definition) is 3. The van der Waals surface area contributed by atoms with Gasteiger partial charge in [-0.1, -0.05) is 29.8 Å². The molecular weight excluding hydrogens is 418 g/mol. The third-order valence-electron chi connectivity index (χ3n) is 4.18. The number of halogens is 2. The van der Waals surface area contributed by atoms with Crippen LogP contribution < -0.4 is 5.32 Å². The van der Waals surface area contributed by atoms with Crippen molar-refractivity contribution in [2.24, 2.45) is 0 Å². The number of benzene rings is 1. The molecule has 136 valence electrons. The van der Waals surface area contributed by atoms with Gasteiger partial charge >= 0.3 is 0 Å². The first kappa shape index (κ1) is 18.7. The molecule has 3 rings (SSSR count). The first-order chi connectivity index (χ1) is 12.3. The van der Waals surface area contributed by atoms with Gasteiger partial charge in [0, 0.05) is 23.0 Å². The fourth-order valence-corrected chi connectivity index (χ4v) is 2.98. The number of rotatable bonds is 5. The number of aryl methyl sites for hydroxylation is 1. The predicted octanol–water partition coefficient (Wildman–Crippen LogP) is 4.23. The minimum absolute atomic E-state index is 0.199. The lowest BCUT2D eigenvalue weighted by Gasteiger charge is -2.23. The summed E-state index contributed by atoms with van der Waals surface area (Å²) in [5, 5.41) is 12.3. The molecule has 6 nitrogen and oxygen atoms in total. The molecule has 0 unspecified atom stereocenters. The van der Waals surface area contributed by atoms with Gasteiger partial charge in [0.1, 0.15) is 5.54 Å². The van der Waals surface area contributed by atoms with Gasteiger partial charge in [-0.15, -0.1) is 0 Å². The Bertz CT molecular complexity index is 947. The van der Waals surface area contributed by atoms with E-state index in [2.05, 4.69) is 31.4 Å². The molecule has 0 atom stereocenters. The maximum absolute atomic E-state index is 12.7. The Morgan fingerprint density at radius 3 is 2.73 bits per heavy atom. The van der Waals surface area contributed by atoms with Gasteiger partial charge in [0.2, 0.25) is 0 Å². The molecule has 0 saturated carbocycles. The van der Waals surface area contributed by atoms with Gasteiger partial charge in [-0.2, -0.15) is 10.2 Å². The van der Waals surface area contributed by atoms with Gasteiger partial charge in [-0.25, -0.2) is 0 Å². The number of carbonyl (C=O) groups excluding carboxylic acids is 1. The summed E-state index contributed by atoms with van der Waals surface area (Å²) in [6, 6.07) is 9.48. The maximum atomic E-state index is 12.7. The average Bonchev–Trinajstić information content (AvgIpc) is 3.16. The van der Waals surface area contributed by atoms with Crippen LogP contribution in [0.1, 0.15) is 25.1 Å². The van der Waals surface area contributed by atoms with Crippen molar-refractivity contribution < 1.29 is 4.79 Å². The molecule has 0 saturated heterocycles. The Hall–Kier alpha value is -2.12. The van der Waals surface area contributed by atoms with Crippen molar-refractivity contribution in [1.29, 1.82) is 0 Å². The highest BCUT2D eigenvalue weighted by Crippen LogP contribution is 2.21. The van der Waals surface area contributed by atoms with Crippen LogP contribution in [0.4, 0.5) is 5.82 Å². The standard InChI is InChI=1S/C18H19BrClN5O/c1-12-8-16(23-24(12)10-13-6-4-5-7-15(13)20)22-17(26)18(2,3)25-11-14(19)9-21-25/h4-9,11H,10H2,1-3H3,(H,22,23,26). The van der Waals surface area contributed by atoms with Gasteiger partial charge in [0.25, 0.3) is 5.91 Å². The zero-order valence-electron chi connectivity index (χ0n) is 14.7. The number of carbonyl (C=O) groups is 1. The first-order valence-electron chi connectivity index (χ1n) is 8.07. The molecule has 2 heterocycles. The van der Waals surface area contributed by atoms with Crippen molar-refractivity contribution >= 4 is 39.3 Å². The second-order valence-corrected chi connectivity index (χ2v) is 7.86. The summed E-state index contributed by atoms with van der Waals surface area (Å²) in [6.07, 6.45) is 3.42. The second-order valence-electron chi connectivity index (χ2n) is 6.54. The van der Waals surface area contributed by atoms with Crippen LogP contribution in [0, 0.1) is 6.92 Å². The lowest BCUT2D eigenvalue weighted by atomic mass is 10.1. The normalized spacial score (nSPS) is 11.6. The molecular formula is C18H19BrClN5O. The number of nitrogens with one attached hydrogen (secondary N) is 1. The quantitative estimate of drug-likeness (QED) is 0.651. The summed E-state index contributed by atoms with van der Waals surface area (Å²) in [5.74, 6) is 0.300. The van der Waals surface area contributed by atoms with Crippen LogP contribution in [-0.4, -0.2) is 25.5 Å². The van der Waals surface area contributed by atoms with Crippen molar-refractivity contribution in [3.63, 3.8) is 0 Å². The zero-order valence-corrected chi connectivity index (χ0v) is 17.0. The third-order valence-corrected chi connectivity index (χ3v) is 4.96. The number of hydrogen-bond donors (Lipinski definition) is 1. The van der Waals surface area contributed by atoms with Crippen molar-refractivity contribution in [1.82, 2.24) is 19.6 Å². The van der Waals surface area contributed by atoms with Gasteiger partial charge < -0.3 is 5.32 Å². The van der Waals surface area contributed by atoms with Crippen LogP contribution in [-0.2, 0) is 16.9 Å². The van der Waals surface area contributed by atoms with Crippen molar-refractivity contribution in [3.8, 4) is 0 Å². The minimum Gasteiger partial charge on any atom is -0.307 e.